The van der Waals surface area contributed by atoms with Crippen LogP contribution in [0.15, 0.2) is 83.4 Å². The molecule has 7 nitrogen and oxygen atoms in total. The fourth-order valence-electron chi connectivity index (χ4n) is 3.30. The highest BCUT2D eigenvalue weighted by Gasteiger charge is 2.21. The Bertz CT molecular complexity index is 1220. The van der Waals surface area contributed by atoms with Gasteiger partial charge in [-0.1, -0.05) is 36.9 Å². The summed E-state index contributed by atoms with van der Waals surface area (Å²) in [5, 5.41) is 13.2. The van der Waals surface area contributed by atoms with Crippen molar-refractivity contribution in [3.05, 3.63) is 78.8 Å². The first-order valence-electron chi connectivity index (χ1n) is 11.1. The maximum absolute atomic E-state index is 12.9. The molecule has 1 N–H and O–H groups in total. The van der Waals surface area contributed by atoms with E-state index in [-0.39, 0.29) is 11.2 Å². The van der Waals surface area contributed by atoms with Gasteiger partial charge >= 0.3 is 0 Å². The summed E-state index contributed by atoms with van der Waals surface area (Å²) in [6, 6.07) is 17.6. The topological polar surface area (TPSA) is 85.6 Å². The fraction of sp³-hybridized carbons (Fsp3) is 0.240. The van der Waals surface area contributed by atoms with Crippen molar-refractivity contribution in [2.24, 2.45) is 0 Å². The Hall–Kier alpha value is -3.17. The molecule has 3 aromatic heterocycles. The van der Waals surface area contributed by atoms with Crippen LogP contribution in [0.25, 0.3) is 11.4 Å². The summed E-state index contributed by atoms with van der Waals surface area (Å²) in [5.41, 5.74) is 2.86. The first-order valence-corrected chi connectivity index (χ1v) is 12.9. The summed E-state index contributed by atoms with van der Waals surface area (Å²) in [6.45, 7) is 4.77. The van der Waals surface area contributed by atoms with E-state index in [9.17, 15) is 4.79 Å². The van der Waals surface area contributed by atoms with Crippen LogP contribution in [-0.4, -0.2) is 35.9 Å². The SMILES string of the molecule is CCCn1c(SC(C)C(=O)Nc2cccc(CSc3ccccn3)c2)nnc1-c1ccncc1. The van der Waals surface area contributed by atoms with Crippen LogP contribution in [0.5, 0.6) is 0 Å². The van der Waals surface area contributed by atoms with Crippen molar-refractivity contribution in [3.63, 3.8) is 0 Å². The van der Waals surface area contributed by atoms with Gasteiger partial charge in [-0.2, -0.15) is 0 Å². The minimum atomic E-state index is -0.336. The van der Waals surface area contributed by atoms with Gasteiger partial charge in [-0.25, -0.2) is 4.98 Å². The van der Waals surface area contributed by atoms with E-state index >= 15 is 0 Å². The third-order valence-electron chi connectivity index (χ3n) is 4.97. The number of nitrogens with zero attached hydrogens (tertiary/aromatic N) is 5. The molecule has 0 spiro atoms. The molecule has 4 aromatic rings. The van der Waals surface area contributed by atoms with Gasteiger partial charge in [-0.15, -0.1) is 22.0 Å². The zero-order chi connectivity index (χ0) is 23.8. The molecule has 1 amide bonds. The van der Waals surface area contributed by atoms with Gasteiger partial charge in [0.15, 0.2) is 11.0 Å². The molecule has 0 saturated heterocycles. The Morgan fingerprint density at radius 1 is 1.06 bits per heavy atom. The molecule has 0 fully saturated rings. The normalized spacial score (nSPS) is 11.8. The molecule has 0 aliphatic rings. The van der Waals surface area contributed by atoms with Gasteiger partial charge in [0, 0.05) is 42.1 Å². The fourth-order valence-corrected chi connectivity index (χ4v) is 4.98. The highest BCUT2D eigenvalue weighted by Crippen LogP contribution is 2.28. The molecule has 1 unspecified atom stereocenters. The van der Waals surface area contributed by atoms with Crippen LogP contribution in [0.4, 0.5) is 5.69 Å². The average molecular weight is 491 g/mol. The third-order valence-corrected chi connectivity index (χ3v) is 7.07. The number of hydrogen-bond acceptors (Lipinski definition) is 7. The first kappa shape index (κ1) is 24.0. The Morgan fingerprint density at radius 2 is 1.91 bits per heavy atom. The number of pyridine rings is 2. The van der Waals surface area contributed by atoms with Crippen molar-refractivity contribution in [2.45, 2.75) is 48.0 Å². The van der Waals surface area contributed by atoms with Gasteiger partial charge in [0.05, 0.1) is 10.3 Å². The van der Waals surface area contributed by atoms with E-state index in [0.717, 1.165) is 51.5 Å². The number of aromatic nitrogens is 5. The molecule has 0 bridgehead atoms. The molecule has 1 aromatic carbocycles. The summed E-state index contributed by atoms with van der Waals surface area (Å²) >= 11 is 3.08. The van der Waals surface area contributed by atoms with Crippen molar-refractivity contribution < 1.29 is 4.79 Å². The van der Waals surface area contributed by atoms with Crippen LogP contribution < -0.4 is 5.32 Å². The minimum absolute atomic E-state index is 0.0731. The largest absolute Gasteiger partial charge is 0.325 e. The van der Waals surface area contributed by atoms with Crippen LogP contribution >= 0.6 is 23.5 Å². The van der Waals surface area contributed by atoms with Crippen molar-refractivity contribution >= 4 is 35.1 Å². The van der Waals surface area contributed by atoms with Gasteiger partial charge in [-0.05, 0) is 55.3 Å². The number of rotatable bonds is 10. The lowest BCUT2D eigenvalue weighted by atomic mass is 10.2. The molecule has 9 heteroatoms. The quantitative estimate of drug-likeness (QED) is 0.291. The maximum Gasteiger partial charge on any atom is 0.237 e. The Labute approximate surface area is 207 Å². The second-order valence-electron chi connectivity index (χ2n) is 7.60. The van der Waals surface area contributed by atoms with E-state index in [0.29, 0.717) is 0 Å². The predicted octanol–water partition coefficient (Wildman–Crippen LogP) is 5.56. The second-order valence-corrected chi connectivity index (χ2v) is 9.90. The lowest BCUT2D eigenvalue weighted by molar-refractivity contribution is -0.115. The van der Waals surface area contributed by atoms with E-state index in [2.05, 4.69) is 43.0 Å². The summed E-state index contributed by atoms with van der Waals surface area (Å²) < 4.78 is 2.07. The molecule has 3 heterocycles. The summed E-state index contributed by atoms with van der Waals surface area (Å²) in [7, 11) is 0. The van der Waals surface area contributed by atoms with Crippen molar-refractivity contribution in [1.82, 2.24) is 24.7 Å². The standard InChI is InChI=1S/C25H26N6OS2/c1-3-15-31-23(20-10-13-26-14-11-20)29-30-25(31)34-18(2)24(32)28-21-8-6-7-19(16-21)17-33-22-9-4-5-12-27-22/h4-14,16,18H,3,15,17H2,1-2H3,(H,28,32). The van der Waals surface area contributed by atoms with Crippen molar-refractivity contribution in [3.8, 4) is 11.4 Å². The Balaban J connectivity index is 1.40. The smallest absolute Gasteiger partial charge is 0.237 e. The molecule has 0 saturated carbocycles. The van der Waals surface area contributed by atoms with Gasteiger partial charge < -0.3 is 9.88 Å². The van der Waals surface area contributed by atoms with E-state index in [4.69, 9.17) is 0 Å². The Morgan fingerprint density at radius 3 is 2.68 bits per heavy atom. The molecular weight excluding hydrogens is 464 g/mol. The van der Waals surface area contributed by atoms with Crippen LogP contribution in [0.1, 0.15) is 25.8 Å². The first-order chi connectivity index (χ1) is 16.6. The number of anilines is 1. The molecule has 0 aliphatic carbocycles. The zero-order valence-corrected chi connectivity index (χ0v) is 20.7. The molecule has 0 aliphatic heterocycles. The van der Waals surface area contributed by atoms with Crippen LogP contribution in [-0.2, 0) is 17.1 Å². The van der Waals surface area contributed by atoms with E-state index in [1.807, 2.05) is 55.5 Å². The summed E-state index contributed by atoms with van der Waals surface area (Å²) in [6.07, 6.45) is 6.21. The molecular formula is C25H26N6OS2. The molecule has 4 rings (SSSR count). The lowest BCUT2D eigenvalue weighted by Crippen LogP contribution is -2.23. The van der Waals surface area contributed by atoms with Crippen molar-refractivity contribution in [2.75, 3.05) is 5.32 Å². The number of nitrogens with one attached hydrogen (secondary N) is 1. The number of hydrogen-bond donors (Lipinski definition) is 1. The predicted molar refractivity (Wildman–Crippen MR) is 138 cm³/mol. The van der Waals surface area contributed by atoms with Crippen LogP contribution in [0.2, 0.25) is 0 Å². The van der Waals surface area contributed by atoms with Gasteiger partial charge in [0.1, 0.15) is 0 Å². The number of thioether (sulfide) groups is 2. The number of benzene rings is 1. The Kier molecular flexibility index (Phi) is 8.32. The lowest BCUT2D eigenvalue weighted by Gasteiger charge is -2.14. The minimum Gasteiger partial charge on any atom is -0.325 e. The number of carbonyl (C=O) groups excluding carboxylic acids is 1. The van der Waals surface area contributed by atoms with Gasteiger partial charge in [0.2, 0.25) is 5.91 Å². The third kappa shape index (κ3) is 6.24. The monoisotopic (exact) mass is 490 g/mol. The van der Waals surface area contributed by atoms with Gasteiger partial charge in [0.25, 0.3) is 0 Å². The number of carbonyl (C=O) groups is 1. The highest BCUT2D eigenvalue weighted by atomic mass is 32.2. The summed E-state index contributed by atoms with van der Waals surface area (Å²) in [4.78, 5) is 21.4. The maximum atomic E-state index is 12.9. The van der Waals surface area contributed by atoms with E-state index < -0.39 is 0 Å². The van der Waals surface area contributed by atoms with Crippen LogP contribution in [0.3, 0.4) is 0 Å². The summed E-state index contributed by atoms with van der Waals surface area (Å²) in [5.74, 6) is 1.50. The average Bonchev–Trinajstić information content (AvgIpc) is 3.26. The molecule has 174 valence electrons. The van der Waals surface area contributed by atoms with Crippen LogP contribution in [0, 0.1) is 0 Å². The molecule has 1 atom stereocenters. The molecule has 34 heavy (non-hydrogen) atoms. The van der Waals surface area contributed by atoms with E-state index in [1.54, 1.807) is 30.4 Å². The van der Waals surface area contributed by atoms with Crippen molar-refractivity contribution in [1.29, 1.82) is 0 Å². The zero-order valence-electron chi connectivity index (χ0n) is 19.1. The number of amides is 1. The highest BCUT2D eigenvalue weighted by molar-refractivity contribution is 8.00. The second kappa shape index (κ2) is 11.8. The van der Waals surface area contributed by atoms with E-state index in [1.165, 1.54) is 11.8 Å². The molecule has 0 radical (unpaired) electrons. The van der Waals surface area contributed by atoms with Gasteiger partial charge in [-0.3, -0.25) is 9.78 Å².